The van der Waals surface area contributed by atoms with Gasteiger partial charge in [-0.1, -0.05) is 17.7 Å². The van der Waals surface area contributed by atoms with Crippen LogP contribution < -0.4 is 0 Å². The molecular formula is C13H12ClFOS. The highest BCUT2D eigenvalue weighted by Gasteiger charge is 2.09. The molecule has 90 valence electrons. The highest BCUT2D eigenvalue weighted by atomic mass is 35.5. The smallest absolute Gasteiger partial charge is 0.142 e. The van der Waals surface area contributed by atoms with E-state index < -0.39 is 11.9 Å². The monoisotopic (exact) mass is 270 g/mol. The van der Waals surface area contributed by atoms with Gasteiger partial charge in [0.05, 0.1) is 11.1 Å². The first kappa shape index (κ1) is 12.6. The zero-order valence-corrected chi connectivity index (χ0v) is 10.6. The standard InChI is InChI=1S/C13H12ClFOS/c14-12-2-1-9(7-13(12)15)5-11(16)6-10-3-4-17-8-10/h1-4,7-8,11,16H,5-6H2. The Morgan fingerprint density at radius 3 is 2.65 bits per heavy atom. The predicted octanol–water partition coefficient (Wildman–Crippen LogP) is 3.69. The Balaban J connectivity index is 1.98. The molecule has 0 bridgehead atoms. The first-order valence-corrected chi connectivity index (χ1v) is 6.60. The lowest BCUT2D eigenvalue weighted by Gasteiger charge is -2.10. The molecule has 0 aliphatic carbocycles. The van der Waals surface area contributed by atoms with Crippen molar-refractivity contribution in [1.82, 2.24) is 0 Å². The van der Waals surface area contributed by atoms with E-state index in [2.05, 4.69) is 0 Å². The maximum atomic E-state index is 13.2. The van der Waals surface area contributed by atoms with Gasteiger partial charge in [0.15, 0.2) is 0 Å². The summed E-state index contributed by atoms with van der Waals surface area (Å²) in [6.07, 6.45) is 0.530. The molecule has 0 fully saturated rings. The van der Waals surface area contributed by atoms with Gasteiger partial charge in [0, 0.05) is 0 Å². The van der Waals surface area contributed by atoms with E-state index >= 15 is 0 Å². The van der Waals surface area contributed by atoms with E-state index in [1.807, 2.05) is 16.8 Å². The molecule has 1 unspecified atom stereocenters. The summed E-state index contributed by atoms with van der Waals surface area (Å²) in [4.78, 5) is 0. The number of hydrogen-bond acceptors (Lipinski definition) is 2. The van der Waals surface area contributed by atoms with Gasteiger partial charge in [-0.25, -0.2) is 4.39 Å². The lowest BCUT2D eigenvalue weighted by atomic mass is 10.0. The highest BCUT2D eigenvalue weighted by Crippen LogP contribution is 2.17. The average molecular weight is 271 g/mol. The van der Waals surface area contributed by atoms with E-state index in [1.54, 1.807) is 17.4 Å². The molecule has 1 aromatic heterocycles. The second-order valence-corrected chi connectivity index (χ2v) is 5.13. The Kier molecular flexibility index (Phi) is 4.15. The van der Waals surface area contributed by atoms with Crippen LogP contribution in [0.3, 0.4) is 0 Å². The van der Waals surface area contributed by atoms with Crippen molar-refractivity contribution in [3.63, 3.8) is 0 Å². The van der Waals surface area contributed by atoms with Crippen LogP contribution in [-0.4, -0.2) is 11.2 Å². The second kappa shape index (κ2) is 5.63. The van der Waals surface area contributed by atoms with Crippen LogP contribution in [0.5, 0.6) is 0 Å². The van der Waals surface area contributed by atoms with Crippen LogP contribution in [0.1, 0.15) is 11.1 Å². The molecule has 0 saturated carbocycles. The number of aliphatic hydroxyl groups is 1. The molecule has 1 heterocycles. The molecule has 17 heavy (non-hydrogen) atoms. The molecule has 2 rings (SSSR count). The zero-order chi connectivity index (χ0) is 12.3. The maximum Gasteiger partial charge on any atom is 0.142 e. The van der Waals surface area contributed by atoms with E-state index in [1.165, 1.54) is 12.1 Å². The van der Waals surface area contributed by atoms with Gasteiger partial charge >= 0.3 is 0 Å². The number of thiophene rings is 1. The molecular weight excluding hydrogens is 259 g/mol. The van der Waals surface area contributed by atoms with Gasteiger partial charge in [0.2, 0.25) is 0 Å². The quantitative estimate of drug-likeness (QED) is 0.898. The third-order valence-electron chi connectivity index (χ3n) is 2.51. The van der Waals surface area contributed by atoms with E-state index in [0.29, 0.717) is 12.8 Å². The van der Waals surface area contributed by atoms with Crippen molar-refractivity contribution in [3.05, 3.63) is 57.0 Å². The summed E-state index contributed by atoms with van der Waals surface area (Å²) in [6.45, 7) is 0. The minimum absolute atomic E-state index is 0.112. The number of hydrogen-bond donors (Lipinski definition) is 1. The number of benzene rings is 1. The van der Waals surface area contributed by atoms with E-state index in [0.717, 1.165) is 11.1 Å². The van der Waals surface area contributed by atoms with Crippen LogP contribution in [0.25, 0.3) is 0 Å². The predicted molar refractivity (Wildman–Crippen MR) is 69.1 cm³/mol. The Bertz CT molecular complexity index is 484. The summed E-state index contributed by atoms with van der Waals surface area (Å²) in [5.74, 6) is -0.438. The van der Waals surface area contributed by atoms with Crippen molar-refractivity contribution < 1.29 is 9.50 Å². The fourth-order valence-electron chi connectivity index (χ4n) is 1.69. The van der Waals surface area contributed by atoms with Crippen molar-refractivity contribution in [2.75, 3.05) is 0 Å². The molecule has 0 amide bonds. The SMILES string of the molecule is OC(Cc1ccsc1)Cc1ccc(Cl)c(F)c1. The topological polar surface area (TPSA) is 20.2 Å². The lowest BCUT2D eigenvalue weighted by molar-refractivity contribution is 0.175. The fraction of sp³-hybridized carbons (Fsp3) is 0.231. The number of aliphatic hydroxyl groups excluding tert-OH is 1. The van der Waals surface area contributed by atoms with Crippen LogP contribution >= 0.6 is 22.9 Å². The highest BCUT2D eigenvalue weighted by molar-refractivity contribution is 7.07. The normalized spacial score (nSPS) is 12.6. The molecule has 0 radical (unpaired) electrons. The van der Waals surface area contributed by atoms with Crippen molar-refractivity contribution in [1.29, 1.82) is 0 Å². The van der Waals surface area contributed by atoms with Gasteiger partial charge in [0.1, 0.15) is 5.82 Å². The van der Waals surface area contributed by atoms with Crippen molar-refractivity contribution in [3.8, 4) is 0 Å². The van der Waals surface area contributed by atoms with E-state index in [9.17, 15) is 9.50 Å². The van der Waals surface area contributed by atoms with Crippen LogP contribution in [-0.2, 0) is 12.8 Å². The summed E-state index contributed by atoms with van der Waals surface area (Å²) in [7, 11) is 0. The van der Waals surface area contributed by atoms with Gasteiger partial charge < -0.3 is 5.11 Å². The van der Waals surface area contributed by atoms with Gasteiger partial charge in [-0.2, -0.15) is 11.3 Å². The Morgan fingerprint density at radius 1 is 1.24 bits per heavy atom. The van der Waals surface area contributed by atoms with Gasteiger partial charge in [0.25, 0.3) is 0 Å². The molecule has 2 aromatic rings. The summed E-state index contributed by atoms with van der Waals surface area (Å²) in [5, 5.41) is 14.0. The Morgan fingerprint density at radius 2 is 2.00 bits per heavy atom. The summed E-state index contributed by atoms with van der Waals surface area (Å²) < 4.78 is 13.2. The van der Waals surface area contributed by atoms with E-state index in [4.69, 9.17) is 11.6 Å². The van der Waals surface area contributed by atoms with Crippen molar-refractivity contribution >= 4 is 22.9 Å². The van der Waals surface area contributed by atoms with Gasteiger partial charge in [-0.3, -0.25) is 0 Å². The summed E-state index contributed by atoms with van der Waals surface area (Å²) in [5.41, 5.74) is 1.87. The molecule has 4 heteroatoms. The summed E-state index contributed by atoms with van der Waals surface area (Å²) >= 11 is 7.20. The lowest BCUT2D eigenvalue weighted by Crippen LogP contribution is -2.13. The largest absolute Gasteiger partial charge is 0.392 e. The molecule has 1 atom stereocenters. The zero-order valence-electron chi connectivity index (χ0n) is 9.07. The fourth-order valence-corrected chi connectivity index (χ4v) is 2.49. The first-order chi connectivity index (χ1) is 8.15. The minimum atomic E-state index is -0.495. The van der Waals surface area contributed by atoms with Crippen LogP contribution in [0, 0.1) is 5.82 Å². The Labute approximate surface area is 108 Å². The Hall–Kier alpha value is -0.900. The third-order valence-corrected chi connectivity index (χ3v) is 3.55. The first-order valence-electron chi connectivity index (χ1n) is 5.28. The average Bonchev–Trinajstić information content (AvgIpc) is 2.76. The van der Waals surface area contributed by atoms with Gasteiger partial charge in [-0.15, -0.1) is 0 Å². The molecule has 1 N–H and O–H groups in total. The third kappa shape index (κ3) is 3.53. The van der Waals surface area contributed by atoms with Gasteiger partial charge in [-0.05, 0) is 52.9 Å². The van der Waals surface area contributed by atoms with Crippen LogP contribution in [0.4, 0.5) is 4.39 Å². The molecule has 0 saturated heterocycles. The van der Waals surface area contributed by atoms with Crippen molar-refractivity contribution in [2.24, 2.45) is 0 Å². The molecule has 1 aromatic carbocycles. The molecule has 0 aliphatic rings. The van der Waals surface area contributed by atoms with Crippen LogP contribution in [0.15, 0.2) is 35.0 Å². The van der Waals surface area contributed by atoms with Crippen molar-refractivity contribution in [2.45, 2.75) is 18.9 Å². The number of rotatable bonds is 4. The summed E-state index contributed by atoms with van der Waals surface area (Å²) in [6, 6.07) is 6.61. The van der Waals surface area contributed by atoms with Crippen LogP contribution in [0.2, 0.25) is 5.02 Å². The minimum Gasteiger partial charge on any atom is -0.392 e. The molecule has 0 aliphatic heterocycles. The molecule has 0 spiro atoms. The number of halogens is 2. The maximum absolute atomic E-state index is 13.2. The second-order valence-electron chi connectivity index (χ2n) is 3.94. The molecule has 1 nitrogen and oxygen atoms in total. The van der Waals surface area contributed by atoms with E-state index in [-0.39, 0.29) is 5.02 Å².